The predicted molar refractivity (Wildman–Crippen MR) is 125 cm³/mol. The molecule has 2 unspecified atom stereocenters. The number of hydrogen-bond acceptors (Lipinski definition) is 9. The number of thioether (sulfide) groups is 2. The zero-order valence-corrected chi connectivity index (χ0v) is 20.1. The Hall–Kier alpha value is -3.10. The maximum absolute atomic E-state index is 12.8. The van der Waals surface area contributed by atoms with Crippen molar-refractivity contribution >= 4 is 58.7 Å². The summed E-state index contributed by atoms with van der Waals surface area (Å²) in [6.07, 6.45) is 0. The van der Waals surface area contributed by atoms with Crippen LogP contribution < -0.4 is 10.6 Å². The lowest BCUT2D eigenvalue weighted by atomic mass is 10.0. The van der Waals surface area contributed by atoms with Crippen molar-refractivity contribution in [3.05, 3.63) is 52.2 Å². The summed E-state index contributed by atoms with van der Waals surface area (Å²) in [5.41, 5.74) is 0.870. The lowest BCUT2D eigenvalue weighted by Crippen LogP contribution is -2.71. The molecule has 4 N–H and O–H groups in total. The predicted octanol–water partition coefficient (Wildman–Crippen LogP) is 1.69. The van der Waals surface area contributed by atoms with Crippen molar-refractivity contribution in [1.82, 2.24) is 25.7 Å². The average Bonchev–Trinajstić information content (AvgIpc) is 3.24. The minimum atomic E-state index is -1.30. The van der Waals surface area contributed by atoms with E-state index in [1.165, 1.54) is 39.8 Å². The summed E-state index contributed by atoms with van der Waals surface area (Å²) in [4.78, 5) is 50.0. The van der Waals surface area contributed by atoms with E-state index in [1.807, 2.05) is 6.92 Å². The standard InChI is InChI=1S/C20H19N5O6S3/c1-9-23-24-20(34-9)33-8-11-7-32-16-13(15(26)25(16)14(11)18(29)30)22-19(31)21-12(17(27)28)10-5-3-2-4-6-10/h2-6,12-13,16H,7-8H2,1H3,(H,27,28)(H,29,30)(H2,21,22,31)/t12?,13?,16-/m1/s1. The van der Waals surface area contributed by atoms with Gasteiger partial charge in [0.2, 0.25) is 0 Å². The van der Waals surface area contributed by atoms with Crippen LogP contribution in [0.25, 0.3) is 0 Å². The third-order valence-electron chi connectivity index (χ3n) is 5.07. The number of amides is 3. The van der Waals surface area contributed by atoms with Gasteiger partial charge in [-0.2, -0.15) is 0 Å². The van der Waals surface area contributed by atoms with E-state index in [0.717, 1.165) is 5.01 Å². The fraction of sp³-hybridized carbons (Fsp3) is 0.300. The normalized spacial score (nSPS) is 20.3. The van der Waals surface area contributed by atoms with Gasteiger partial charge in [0.25, 0.3) is 5.91 Å². The van der Waals surface area contributed by atoms with Crippen LogP contribution in [-0.2, 0) is 14.4 Å². The van der Waals surface area contributed by atoms with Gasteiger partial charge in [-0.25, -0.2) is 14.4 Å². The molecule has 1 saturated heterocycles. The Morgan fingerprint density at radius 2 is 1.97 bits per heavy atom. The number of carboxylic acid groups (broad SMARTS) is 2. The van der Waals surface area contributed by atoms with Crippen molar-refractivity contribution in [2.75, 3.05) is 11.5 Å². The molecule has 0 saturated carbocycles. The largest absolute Gasteiger partial charge is 0.479 e. The first kappa shape index (κ1) is 24.0. The van der Waals surface area contributed by atoms with Gasteiger partial charge >= 0.3 is 18.0 Å². The highest BCUT2D eigenvalue weighted by atomic mass is 32.2. The monoisotopic (exact) mass is 521 g/mol. The highest BCUT2D eigenvalue weighted by Crippen LogP contribution is 2.41. The van der Waals surface area contributed by atoms with E-state index in [-0.39, 0.29) is 5.70 Å². The van der Waals surface area contributed by atoms with Gasteiger partial charge in [-0.05, 0) is 18.1 Å². The van der Waals surface area contributed by atoms with E-state index < -0.39 is 41.3 Å². The van der Waals surface area contributed by atoms with Gasteiger partial charge in [-0.3, -0.25) is 9.69 Å². The summed E-state index contributed by atoms with van der Waals surface area (Å²) < 4.78 is 0.708. The van der Waals surface area contributed by atoms with Crippen molar-refractivity contribution in [3.63, 3.8) is 0 Å². The molecule has 0 spiro atoms. The molecule has 4 rings (SSSR count). The topological polar surface area (TPSA) is 162 Å². The fourth-order valence-corrected chi connectivity index (χ4v) is 6.83. The highest BCUT2D eigenvalue weighted by Gasteiger charge is 2.54. The smallest absolute Gasteiger partial charge is 0.352 e. The Balaban J connectivity index is 1.43. The zero-order valence-electron chi connectivity index (χ0n) is 17.6. The van der Waals surface area contributed by atoms with Crippen molar-refractivity contribution in [2.45, 2.75) is 28.7 Å². The van der Waals surface area contributed by atoms with Crippen LogP contribution in [0.1, 0.15) is 16.6 Å². The van der Waals surface area contributed by atoms with Gasteiger partial charge in [0, 0.05) is 11.5 Å². The summed E-state index contributed by atoms with van der Waals surface area (Å²) in [6.45, 7) is 1.82. The lowest BCUT2D eigenvalue weighted by molar-refractivity contribution is -0.148. The van der Waals surface area contributed by atoms with Crippen LogP contribution in [0, 0.1) is 6.92 Å². The number of aromatic nitrogens is 2. The molecular formula is C20H19N5O6S3. The molecular weight excluding hydrogens is 502 g/mol. The molecule has 11 nitrogen and oxygen atoms in total. The number of carboxylic acids is 2. The molecule has 1 aromatic heterocycles. The molecule has 0 bridgehead atoms. The van der Waals surface area contributed by atoms with E-state index in [2.05, 4.69) is 20.8 Å². The van der Waals surface area contributed by atoms with Crippen molar-refractivity contribution < 1.29 is 29.4 Å². The first-order chi connectivity index (χ1) is 16.3. The Morgan fingerprint density at radius 1 is 1.24 bits per heavy atom. The van der Waals surface area contributed by atoms with Crippen LogP contribution in [0.3, 0.4) is 0 Å². The third-order valence-corrected chi connectivity index (χ3v) is 8.47. The number of rotatable bonds is 8. The lowest BCUT2D eigenvalue weighted by Gasteiger charge is -2.49. The first-order valence-electron chi connectivity index (χ1n) is 9.94. The molecule has 1 aromatic carbocycles. The van der Waals surface area contributed by atoms with Crippen LogP contribution in [0.15, 0.2) is 45.9 Å². The van der Waals surface area contributed by atoms with Crippen molar-refractivity contribution in [3.8, 4) is 0 Å². The van der Waals surface area contributed by atoms with Gasteiger partial charge < -0.3 is 20.8 Å². The fourth-order valence-electron chi connectivity index (χ4n) is 3.53. The maximum atomic E-state index is 12.8. The molecule has 3 heterocycles. The number of aliphatic carboxylic acids is 2. The molecule has 1 fully saturated rings. The quantitative estimate of drug-likeness (QED) is 0.297. The van der Waals surface area contributed by atoms with Crippen molar-refractivity contribution in [1.29, 1.82) is 0 Å². The Morgan fingerprint density at radius 3 is 2.59 bits per heavy atom. The number of aryl methyl sites for hydroxylation is 1. The zero-order chi connectivity index (χ0) is 24.4. The molecule has 2 aliphatic rings. The number of nitrogens with zero attached hydrogens (tertiary/aromatic N) is 3. The van der Waals surface area contributed by atoms with E-state index >= 15 is 0 Å². The van der Waals surface area contributed by atoms with E-state index in [4.69, 9.17) is 0 Å². The molecule has 2 aromatic rings. The number of hydrogen-bond donors (Lipinski definition) is 4. The molecule has 34 heavy (non-hydrogen) atoms. The first-order valence-corrected chi connectivity index (χ1v) is 12.8. The van der Waals surface area contributed by atoms with Gasteiger partial charge in [-0.1, -0.05) is 53.4 Å². The van der Waals surface area contributed by atoms with Crippen LogP contribution in [0.4, 0.5) is 4.79 Å². The summed E-state index contributed by atoms with van der Waals surface area (Å²) in [6, 6.07) is 5.07. The number of urea groups is 1. The molecule has 0 aliphatic carbocycles. The van der Waals surface area contributed by atoms with Gasteiger partial charge in [0.05, 0.1) is 0 Å². The van der Waals surface area contributed by atoms with Crippen LogP contribution >= 0.6 is 34.9 Å². The molecule has 178 valence electrons. The summed E-state index contributed by atoms with van der Waals surface area (Å²) in [7, 11) is 0. The summed E-state index contributed by atoms with van der Waals surface area (Å²) in [5, 5.41) is 32.2. The molecule has 2 aliphatic heterocycles. The van der Waals surface area contributed by atoms with Gasteiger partial charge in [-0.15, -0.1) is 22.0 Å². The molecule has 14 heteroatoms. The number of fused-ring (bicyclic) bond motifs is 1. The second-order valence-corrected chi connectivity index (χ2v) is 10.8. The number of benzene rings is 1. The van der Waals surface area contributed by atoms with Gasteiger partial charge in [0.1, 0.15) is 22.1 Å². The Bertz CT molecular complexity index is 1170. The maximum Gasteiger partial charge on any atom is 0.352 e. The molecule has 0 radical (unpaired) electrons. The SMILES string of the molecule is Cc1nnc(SCC2=C(C(=O)O)N3C(=O)C(NC(=O)NC(C(=O)O)c4ccccc4)[C@H]3SC2)s1. The van der Waals surface area contributed by atoms with E-state index in [0.29, 0.717) is 27.0 Å². The Labute approximate surface area is 206 Å². The minimum absolute atomic E-state index is 0.0892. The summed E-state index contributed by atoms with van der Waals surface area (Å²) in [5.74, 6) is -2.33. The number of nitrogens with one attached hydrogen (secondary N) is 2. The third kappa shape index (κ3) is 4.88. The number of carbonyl (C=O) groups is 4. The van der Waals surface area contributed by atoms with Crippen LogP contribution in [0.2, 0.25) is 0 Å². The average molecular weight is 522 g/mol. The number of β-lactam (4-membered cyclic amide) rings is 1. The van der Waals surface area contributed by atoms with Gasteiger partial charge in [0.15, 0.2) is 10.4 Å². The van der Waals surface area contributed by atoms with Crippen molar-refractivity contribution in [2.24, 2.45) is 0 Å². The Kier molecular flexibility index (Phi) is 7.09. The van der Waals surface area contributed by atoms with Crippen LogP contribution in [0.5, 0.6) is 0 Å². The highest BCUT2D eigenvalue weighted by molar-refractivity contribution is 8.01. The second-order valence-electron chi connectivity index (χ2n) is 7.32. The summed E-state index contributed by atoms with van der Waals surface area (Å²) >= 11 is 4.09. The van der Waals surface area contributed by atoms with E-state index in [9.17, 15) is 29.4 Å². The number of carbonyl (C=O) groups excluding carboxylic acids is 2. The minimum Gasteiger partial charge on any atom is -0.479 e. The van der Waals surface area contributed by atoms with E-state index in [1.54, 1.807) is 30.3 Å². The second kappa shape index (κ2) is 10.0. The van der Waals surface area contributed by atoms with Crippen LogP contribution in [-0.4, -0.2) is 72.1 Å². The molecule has 3 amide bonds. The molecule has 3 atom stereocenters.